The molecule has 434 valence electrons. The largest absolute Gasteiger partial charge is 0.463 e. The Balaban J connectivity index is 1.91. The molecule has 29 heteroatoms. The summed E-state index contributed by atoms with van der Waals surface area (Å²) in [6, 6.07) is 8.84. The molecular formula is C49H65NO28. The van der Waals surface area contributed by atoms with Crippen molar-refractivity contribution >= 4 is 65.8 Å². The Morgan fingerprint density at radius 2 is 0.731 bits per heavy atom. The highest BCUT2D eigenvalue weighted by Gasteiger charge is 2.60. The molecule has 3 aliphatic rings. The van der Waals surface area contributed by atoms with Crippen molar-refractivity contribution in [1.29, 1.82) is 0 Å². The average Bonchev–Trinajstić information content (AvgIpc) is 3.34. The number of carbonyl (C=O) groups excluding carboxylic acids is 11. The Hall–Kier alpha value is -7.05. The van der Waals surface area contributed by atoms with E-state index in [0.717, 1.165) is 74.8 Å². The number of amides is 1. The van der Waals surface area contributed by atoms with Gasteiger partial charge in [0.05, 0.1) is 6.61 Å². The number of alkyl carbamates (subject to hydrolysis) is 1. The third kappa shape index (κ3) is 20.4. The molecule has 0 bridgehead atoms. The molecule has 0 aliphatic carbocycles. The van der Waals surface area contributed by atoms with Gasteiger partial charge in [0.15, 0.2) is 73.8 Å². The molecule has 78 heavy (non-hydrogen) atoms. The second kappa shape index (κ2) is 30.8. The first-order valence-electron chi connectivity index (χ1n) is 24.3. The molecule has 3 aliphatic heterocycles. The Morgan fingerprint density at radius 3 is 1.12 bits per heavy atom. The third-order valence-electron chi connectivity index (χ3n) is 10.9. The van der Waals surface area contributed by atoms with Gasteiger partial charge in [-0.05, 0) is 12.0 Å². The van der Waals surface area contributed by atoms with Crippen molar-refractivity contribution in [3.05, 3.63) is 35.9 Å². The Kier molecular flexibility index (Phi) is 25.0. The van der Waals surface area contributed by atoms with Crippen LogP contribution in [0.4, 0.5) is 4.79 Å². The standard InChI is InChI=1S/C49H65NO28/c1-23(51)63-20-34-37(67-26(4)54)40(70-29(7)57)43(46(74-34)62-18-14-17-50-49(61)66-19-33-15-12-11-13-16-33)77-48-45(42(72-31(9)59)39(69-28(6)56)36(76-48)22-65-25(3)53)78-47-44(73-32(10)60)41(71-30(8)58)38(68-27(5)55)35(75-47)21-64-24(2)52/h11-13,15-16,34-48H,14,17-22H2,1-10H3,(H,50,61)/t34-,35-,36-,37-,38-,39-,40+,41+,42+,43+,44+,45+,46+,47-,48-/m1/s1. The number of rotatable bonds is 24. The zero-order chi connectivity index (χ0) is 57.8. The molecule has 0 aromatic heterocycles. The molecule has 1 N–H and O–H groups in total. The van der Waals surface area contributed by atoms with E-state index in [4.69, 9.17) is 80.5 Å². The van der Waals surface area contributed by atoms with Crippen LogP contribution in [0.5, 0.6) is 0 Å². The van der Waals surface area contributed by atoms with Crippen molar-refractivity contribution in [3.63, 3.8) is 0 Å². The van der Waals surface area contributed by atoms with Crippen LogP contribution in [-0.4, -0.2) is 191 Å². The maximum Gasteiger partial charge on any atom is 0.407 e. The summed E-state index contributed by atoms with van der Waals surface area (Å²) in [5, 5.41) is 2.57. The van der Waals surface area contributed by atoms with Crippen LogP contribution in [-0.2, 0) is 135 Å². The van der Waals surface area contributed by atoms with Gasteiger partial charge in [-0.3, -0.25) is 47.9 Å². The maximum absolute atomic E-state index is 13.2. The van der Waals surface area contributed by atoms with Crippen molar-refractivity contribution in [3.8, 4) is 0 Å². The molecule has 1 amide bonds. The molecule has 15 atom stereocenters. The van der Waals surface area contributed by atoms with E-state index in [-0.39, 0.29) is 26.2 Å². The molecule has 3 heterocycles. The van der Waals surface area contributed by atoms with Gasteiger partial charge >= 0.3 is 65.8 Å². The lowest BCUT2D eigenvalue weighted by molar-refractivity contribution is -0.393. The van der Waals surface area contributed by atoms with Crippen LogP contribution >= 0.6 is 0 Å². The van der Waals surface area contributed by atoms with Crippen molar-refractivity contribution < 1.29 is 133 Å². The molecule has 4 rings (SSSR count). The van der Waals surface area contributed by atoms with Gasteiger partial charge in [0.2, 0.25) is 0 Å². The first-order chi connectivity index (χ1) is 36.8. The molecule has 3 fully saturated rings. The summed E-state index contributed by atoms with van der Waals surface area (Å²) in [5.41, 5.74) is 0.723. The van der Waals surface area contributed by atoms with Gasteiger partial charge in [-0.25, -0.2) is 4.79 Å². The second-order valence-corrected chi connectivity index (χ2v) is 17.5. The van der Waals surface area contributed by atoms with Crippen molar-refractivity contribution in [1.82, 2.24) is 5.32 Å². The zero-order valence-corrected chi connectivity index (χ0v) is 44.4. The number of carbonyl (C=O) groups is 11. The van der Waals surface area contributed by atoms with E-state index in [9.17, 15) is 52.7 Å². The van der Waals surface area contributed by atoms with Gasteiger partial charge in [0, 0.05) is 75.8 Å². The lowest BCUT2D eigenvalue weighted by atomic mass is 9.95. The first-order valence-corrected chi connectivity index (χ1v) is 24.3. The van der Waals surface area contributed by atoms with Crippen LogP contribution in [0, 0.1) is 0 Å². The summed E-state index contributed by atoms with van der Waals surface area (Å²) in [5.74, 6) is -9.62. The minimum atomic E-state index is -2.14. The van der Waals surface area contributed by atoms with Gasteiger partial charge in [0.25, 0.3) is 0 Å². The summed E-state index contributed by atoms with van der Waals surface area (Å²) in [6.07, 6.45) is -28.2. The van der Waals surface area contributed by atoms with Crippen molar-refractivity contribution in [2.45, 2.75) is 174 Å². The summed E-state index contributed by atoms with van der Waals surface area (Å²) in [7, 11) is 0. The average molecular weight is 1120 g/mol. The number of hydrogen-bond acceptors (Lipinski definition) is 28. The summed E-state index contributed by atoms with van der Waals surface area (Å²) in [4.78, 5) is 139. The number of hydrogen-bond donors (Lipinski definition) is 1. The van der Waals surface area contributed by atoms with E-state index in [1.807, 2.05) is 0 Å². The maximum atomic E-state index is 13.2. The zero-order valence-electron chi connectivity index (χ0n) is 44.4. The molecule has 0 spiro atoms. The smallest absolute Gasteiger partial charge is 0.407 e. The topological polar surface area (TPSA) is 357 Å². The highest BCUT2D eigenvalue weighted by Crippen LogP contribution is 2.38. The van der Waals surface area contributed by atoms with Crippen LogP contribution in [0.15, 0.2) is 30.3 Å². The summed E-state index contributed by atoms with van der Waals surface area (Å²) >= 11 is 0. The van der Waals surface area contributed by atoms with Gasteiger partial charge in [-0.1, -0.05) is 30.3 Å². The summed E-state index contributed by atoms with van der Waals surface area (Å²) in [6.45, 7) is 7.45. The predicted octanol–water partition coefficient (Wildman–Crippen LogP) is 0.476. The van der Waals surface area contributed by atoms with E-state index in [0.29, 0.717) is 0 Å². The molecule has 1 aromatic carbocycles. The fourth-order valence-electron chi connectivity index (χ4n) is 8.12. The minimum absolute atomic E-state index is 0.0326. The molecule has 1 aromatic rings. The Labute approximate surface area is 446 Å². The Bertz CT molecular complexity index is 2260. The third-order valence-corrected chi connectivity index (χ3v) is 10.9. The van der Waals surface area contributed by atoms with E-state index in [2.05, 4.69) is 5.32 Å². The van der Waals surface area contributed by atoms with E-state index < -0.39 is 178 Å². The number of benzene rings is 1. The highest BCUT2D eigenvalue weighted by molar-refractivity contribution is 5.70. The summed E-state index contributed by atoms with van der Waals surface area (Å²) < 4.78 is 98.6. The number of nitrogens with one attached hydrogen (secondary N) is 1. The molecule has 3 saturated heterocycles. The van der Waals surface area contributed by atoms with Gasteiger partial charge in [-0.2, -0.15) is 0 Å². The predicted molar refractivity (Wildman–Crippen MR) is 250 cm³/mol. The second-order valence-electron chi connectivity index (χ2n) is 17.5. The fraction of sp³-hybridized carbons (Fsp3) is 0.653. The van der Waals surface area contributed by atoms with Crippen LogP contribution in [0.25, 0.3) is 0 Å². The van der Waals surface area contributed by atoms with Crippen molar-refractivity contribution in [2.75, 3.05) is 33.0 Å². The lowest BCUT2D eigenvalue weighted by Crippen LogP contribution is -2.69. The first kappa shape index (κ1) is 63.5. The number of ether oxygens (including phenoxy) is 17. The molecule has 0 unspecified atom stereocenters. The van der Waals surface area contributed by atoms with Crippen LogP contribution in [0.2, 0.25) is 0 Å². The van der Waals surface area contributed by atoms with Crippen LogP contribution in [0.3, 0.4) is 0 Å². The minimum Gasteiger partial charge on any atom is -0.463 e. The quantitative estimate of drug-likeness (QED) is 0.0835. The lowest BCUT2D eigenvalue weighted by Gasteiger charge is -2.50. The van der Waals surface area contributed by atoms with Gasteiger partial charge in [-0.15, -0.1) is 0 Å². The van der Waals surface area contributed by atoms with E-state index in [1.54, 1.807) is 30.3 Å². The molecule has 0 radical (unpaired) electrons. The fourth-order valence-corrected chi connectivity index (χ4v) is 8.12. The molecule has 29 nitrogen and oxygen atoms in total. The molecular weight excluding hydrogens is 1050 g/mol. The normalized spacial score (nSPS) is 28.4. The van der Waals surface area contributed by atoms with Gasteiger partial charge < -0.3 is 85.8 Å². The van der Waals surface area contributed by atoms with Crippen LogP contribution in [0.1, 0.15) is 81.2 Å². The SMILES string of the molecule is CC(=O)OC[C@H]1O[C@H](O[C@@H]2[C@@H](O[C@@H]3[C@@H](OCCCNC(=O)OCc4ccccc4)O[C@H](COC(C)=O)[C@@H](OC(C)=O)[C@@H]3OC(C)=O)O[C@H](COC(C)=O)[C@@H](OC(C)=O)[C@@H]2OC(C)=O)[C@@H](OC(C)=O)[C@@H](OC(C)=O)[C@@H]1OC(C)=O. The molecule has 0 saturated carbocycles. The van der Waals surface area contributed by atoms with Crippen molar-refractivity contribution in [2.24, 2.45) is 0 Å². The van der Waals surface area contributed by atoms with E-state index >= 15 is 0 Å². The van der Waals surface area contributed by atoms with Gasteiger partial charge in [0.1, 0.15) is 44.7 Å². The highest BCUT2D eigenvalue weighted by atomic mass is 16.8. The number of esters is 10. The Morgan fingerprint density at radius 1 is 0.397 bits per heavy atom. The van der Waals surface area contributed by atoms with Crippen LogP contribution < -0.4 is 5.32 Å². The monoisotopic (exact) mass is 1120 g/mol. The van der Waals surface area contributed by atoms with E-state index in [1.165, 1.54) is 0 Å².